The minimum absolute atomic E-state index is 0. The Hall–Kier alpha value is -1.16. The number of imide groups is 1. The van der Waals surface area contributed by atoms with Crippen molar-refractivity contribution in [2.24, 2.45) is 34.6 Å². The SMILES string of the molecule is CN=C(NCCCOCC1CC1)NCCN1C(=O)C2C3C=CC(C3)C2C1=O.I. The third kappa shape index (κ3) is 4.53. The maximum Gasteiger partial charge on any atom is 0.233 e. The Morgan fingerprint density at radius 3 is 2.39 bits per heavy atom. The summed E-state index contributed by atoms with van der Waals surface area (Å²) in [6.45, 7) is 3.35. The molecule has 4 atom stereocenters. The molecule has 3 aliphatic carbocycles. The minimum atomic E-state index is -0.111. The summed E-state index contributed by atoms with van der Waals surface area (Å²) < 4.78 is 5.62. The molecular weight excluding hydrogens is 471 g/mol. The zero-order chi connectivity index (χ0) is 18.8. The van der Waals surface area contributed by atoms with Crippen LogP contribution in [0.4, 0.5) is 0 Å². The molecule has 2 bridgehead atoms. The number of guanidine groups is 1. The van der Waals surface area contributed by atoms with E-state index < -0.39 is 0 Å². The van der Waals surface area contributed by atoms with Gasteiger partial charge in [0.25, 0.3) is 0 Å². The van der Waals surface area contributed by atoms with Crippen LogP contribution in [0.5, 0.6) is 0 Å². The lowest BCUT2D eigenvalue weighted by Crippen LogP contribution is -2.44. The molecule has 2 amide bonds. The molecule has 0 aromatic rings. The third-order valence-corrected chi connectivity index (χ3v) is 6.22. The first kappa shape index (κ1) is 21.5. The fourth-order valence-electron chi connectivity index (χ4n) is 4.61. The molecule has 1 heterocycles. The van der Waals surface area contributed by atoms with Gasteiger partial charge >= 0.3 is 0 Å². The van der Waals surface area contributed by atoms with Crippen molar-refractivity contribution in [3.05, 3.63) is 12.2 Å². The molecule has 4 aliphatic rings. The number of ether oxygens (including phenoxy) is 1. The van der Waals surface area contributed by atoms with Crippen LogP contribution in [0.3, 0.4) is 0 Å². The van der Waals surface area contributed by atoms with Crippen molar-refractivity contribution in [2.75, 3.05) is 39.9 Å². The van der Waals surface area contributed by atoms with E-state index in [2.05, 4.69) is 27.8 Å². The number of fused-ring (bicyclic) bond motifs is 5. The number of rotatable bonds is 9. The Labute approximate surface area is 183 Å². The zero-order valence-corrected chi connectivity index (χ0v) is 18.8. The highest BCUT2D eigenvalue weighted by atomic mass is 127. The summed E-state index contributed by atoms with van der Waals surface area (Å²) in [5, 5.41) is 6.44. The number of carbonyl (C=O) groups excluding carboxylic acids is 2. The van der Waals surface area contributed by atoms with Crippen molar-refractivity contribution in [2.45, 2.75) is 25.7 Å². The fourth-order valence-corrected chi connectivity index (χ4v) is 4.61. The molecule has 0 aromatic carbocycles. The van der Waals surface area contributed by atoms with Gasteiger partial charge in [-0.3, -0.25) is 19.5 Å². The lowest BCUT2D eigenvalue weighted by Gasteiger charge is -2.18. The van der Waals surface area contributed by atoms with Crippen LogP contribution in [0.15, 0.2) is 17.1 Å². The summed E-state index contributed by atoms with van der Waals surface area (Å²) >= 11 is 0. The number of halogens is 1. The summed E-state index contributed by atoms with van der Waals surface area (Å²) in [5.74, 6) is 1.84. The highest BCUT2D eigenvalue weighted by Crippen LogP contribution is 2.52. The smallest absolute Gasteiger partial charge is 0.233 e. The Balaban J connectivity index is 0.00000225. The van der Waals surface area contributed by atoms with Gasteiger partial charge in [-0.2, -0.15) is 0 Å². The van der Waals surface area contributed by atoms with Crippen molar-refractivity contribution in [1.29, 1.82) is 0 Å². The number of aliphatic imine (C=N–C) groups is 1. The number of nitrogens with zero attached hydrogens (tertiary/aromatic N) is 2. The van der Waals surface area contributed by atoms with Gasteiger partial charge < -0.3 is 15.4 Å². The number of allylic oxidation sites excluding steroid dienone is 2. The van der Waals surface area contributed by atoms with Crippen LogP contribution in [0.25, 0.3) is 0 Å². The van der Waals surface area contributed by atoms with E-state index in [0.717, 1.165) is 38.5 Å². The van der Waals surface area contributed by atoms with E-state index in [-0.39, 0.29) is 59.5 Å². The van der Waals surface area contributed by atoms with Gasteiger partial charge in [-0.15, -0.1) is 24.0 Å². The Morgan fingerprint density at radius 2 is 1.79 bits per heavy atom. The van der Waals surface area contributed by atoms with Gasteiger partial charge in [-0.05, 0) is 43.4 Å². The average molecular weight is 502 g/mol. The Bertz CT molecular complexity index is 619. The monoisotopic (exact) mass is 502 g/mol. The van der Waals surface area contributed by atoms with Gasteiger partial charge in [-0.25, -0.2) is 0 Å². The van der Waals surface area contributed by atoms with Crippen LogP contribution in [0, 0.1) is 29.6 Å². The molecular formula is C20H31IN4O3. The minimum Gasteiger partial charge on any atom is -0.381 e. The van der Waals surface area contributed by atoms with Crippen molar-refractivity contribution in [3.63, 3.8) is 0 Å². The maximum absolute atomic E-state index is 12.6. The molecule has 1 aliphatic heterocycles. The molecule has 4 rings (SSSR count). The van der Waals surface area contributed by atoms with Crippen molar-refractivity contribution in [3.8, 4) is 0 Å². The van der Waals surface area contributed by atoms with Crippen molar-refractivity contribution >= 4 is 41.8 Å². The van der Waals surface area contributed by atoms with Crippen LogP contribution in [0.2, 0.25) is 0 Å². The number of likely N-dealkylation sites (tertiary alicyclic amines) is 1. The zero-order valence-electron chi connectivity index (χ0n) is 16.4. The van der Waals surface area contributed by atoms with E-state index in [1.807, 2.05) is 0 Å². The van der Waals surface area contributed by atoms with Gasteiger partial charge in [0.05, 0.1) is 11.8 Å². The van der Waals surface area contributed by atoms with E-state index in [1.54, 1.807) is 7.05 Å². The first-order valence-corrected chi connectivity index (χ1v) is 10.2. The summed E-state index contributed by atoms with van der Waals surface area (Å²) in [5.41, 5.74) is 0. The van der Waals surface area contributed by atoms with Gasteiger partial charge in [0.15, 0.2) is 5.96 Å². The molecule has 1 saturated heterocycles. The van der Waals surface area contributed by atoms with E-state index >= 15 is 0 Å². The van der Waals surface area contributed by atoms with Crippen LogP contribution in [-0.2, 0) is 14.3 Å². The van der Waals surface area contributed by atoms with Crippen molar-refractivity contribution < 1.29 is 14.3 Å². The van der Waals surface area contributed by atoms with E-state index in [1.165, 1.54) is 17.7 Å². The van der Waals surface area contributed by atoms with Crippen LogP contribution < -0.4 is 10.6 Å². The summed E-state index contributed by atoms with van der Waals surface area (Å²) in [7, 11) is 1.72. The molecule has 28 heavy (non-hydrogen) atoms. The molecule has 3 fully saturated rings. The molecule has 0 aromatic heterocycles. The predicted octanol–water partition coefficient (Wildman–Crippen LogP) is 1.39. The molecule has 156 valence electrons. The second-order valence-corrected chi connectivity index (χ2v) is 8.13. The topological polar surface area (TPSA) is 83.0 Å². The second-order valence-electron chi connectivity index (χ2n) is 8.13. The molecule has 8 heteroatoms. The molecule has 4 unspecified atom stereocenters. The predicted molar refractivity (Wildman–Crippen MR) is 117 cm³/mol. The Kier molecular flexibility index (Phi) is 7.36. The van der Waals surface area contributed by atoms with Gasteiger partial charge in [0.2, 0.25) is 11.8 Å². The van der Waals surface area contributed by atoms with Gasteiger partial charge in [0.1, 0.15) is 0 Å². The highest BCUT2D eigenvalue weighted by molar-refractivity contribution is 14.0. The first-order valence-electron chi connectivity index (χ1n) is 10.2. The molecule has 0 radical (unpaired) electrons. The lowest BCUT2D eigenvalue weighted by atomic mass is 9.85. The fraction of sp³-hybridized carbons (Fsp3) is 0.750. The molecule has 2 N–H and O–H groups in total. The van der Waals surface area contributed by atoms with Crippen LogP contribution >= 0.6 is 24.0 Å². The summed E-state index contributed by atoms with van der Waals surface area (Å²) in [6.07, 6.45) is 8.78. The standard InChI is InChI=1S/C20H30N4O3.HI/c1-21-20(22-7-2-10-27-12-13-3-4-13)23-8-9-24-18(25)16-14-5-6-15(11-14)17(16)19(24)26;/h5-6,13-17H,2-4,7-12H2,1H3,(H2,21,22,23);1H. The second kappa shape index (κ2) is 9.56. The Morgan fingerprint density at radius 1 is 1.14 bits per heavy atom. The molecule has 0 spiro atoms. The van der Waals surface area contributed by atoms with Gasteiger partial charge in [-0.1, -0.05) is 12.2 Å². The van der Waals surface area contributed by atoms with Crippen molar-refractivity contribution in [1.82, 2.24) is 15.5 Å². The van der Waals surface area contributed by atoms with E-state index in [4.69, 9.17) is 4.74 Å². The number of hydrogen-bond donors (Lipinski definition) is 2. The third-order valence-electron chi connectivity index (χ3n) is 6.22. The highest BCUT2D eigenvalue weighted by Gasteiger charge is 2.58. The maximum atomic E-state index is 12.6. The first-order chi connectivity index (χ1) is 13.2. The number of hydrogen-bond acceptors (Lipinski definition) is 4. The van der Waals surface area contributed by atoms with Gasteiger partial charge in [0, 0.05) is 39.9 Å². The van der Waals surface area contributed by atoms with Crippen LogP contribution in [-0.4, -0.2) is 62.6 Å². The largest absolute Gasteiger partial charge is 0.381 e. The lowest BCUT2D eigenvalue weighted by molar-refractivity contribution is -0.140. The number of carbonyl (C=O) groups is 2. The summed E-state index contributed by atoms with van der Waals surface area (Å²) in [6, 6.07) is 0. The summed E-state index contributed by atoms with van der Waals surface area (Å²) in [4.78, 5) is 30.9. The quantitative estimate of drug-likeness (QED) is 0.124. The molecule has 2 saturated carbocycles. The number of amides is 2. The number of nitrogens with one attached hydrogen (secondary N) is 2. The van der Waals surface area contributed by atoms with E-state index in [9.17, 15) is 9.59 Å². The normalized spacial score (nSPS) is 30.6. The molecule has 7 nitrogen and oxygen atoms in total. The average Bonchev–Trinajstić information content (AvgIpc) is 3.17. The van der Waals surface area contributed by atoms with Crippen LogP contribution in [0.1, 0.15) is 25.7 Å². The van der Waals surface area contributed by atoms with E-state index in [0.29, 0.717) is 19.0 Å².